The van der Waals surface area contributed by atoms with Crippen molar-refractivity contribution in [1.82, 2.24) is 5.32 Å². The summed E-state index contributed by atoms with van der Waals surface area (Å²) in [5.41, 5.74) is 5.46. The van der Waals surface area contributed by atoms with Crippen LogP contribution in [-0.2, 0) is 0 Å². The number of benzene rings is 1. The molecule has 1 nitrogen and oxygen atoms in total. The number of rotatable bonds is 4. The van der Waals surface area contributed by atoms with Crippen molar-refractivity contribution < 1.29 is 0 Å². The van der Waals surface area contributed by atoms with E-state index in [0.717, 1.165) is 6.54 Å². The second kappa shape index (κ2) is 5.86. The summed E-state index contributed by atoms with van der Waals surface area (Å²) < 4.78 is 0. The molecule has 0 heterocycles. The monoisotopic (exact) mass is 217 g/mol. The zero-order valence-corrected chi connectivity index (χ0v) is 11.1. The maximum Gasteiger partial charge on any atom is 0.0251 e. The normalized spacial score (nSPS) is 13.9. The van der Waals surface area contributed by atoms with Crippen LogP contribution in [0.15, 0.2) is 23.8 Å². The highest BCUT2D eigenvalue weighted by Gasteiger charge is 2.03. The van der Waals surface area contributed by atoms with Gasteiger partial charge in [0.15, 0.2) is 0 Å². The maximum absolute atomic E-state index is 3.43. The van der Waals surface area contributed by atoms with Crippen molar-refractivity contribution in [2.75, 3.05) is 6.54 Å². The number of hydrogen-bond acceptors (Lipinski definition) is 1. The summed E-state index contributed by atoms with van der Waals surface area (Å²) in [5.74, 6) is 0. The van der Waals surface area contributed by atoms with E-state index >= 15 is 0 Å². The molecule has 88 valence electrons. The van der Waals surface area contributed by atoms with Gasteiger partial charge in [-0.05, 0) is 50.9 Å². The number of likely N-dealkylation sites (N-methyl/N-ethyl adjacent to an activating group) is 1. The first-order valence-corrected chi connectivity index (χ1v) is 6.04. The van der Waals surface area contributed by atoms with Crippen LogP contribution < -0.4 is 5.32 Å². The van der Waals surface area contributed by atoms with E-state index in [0.29, 0.717) is 6.04 Å². The Bertz CT molecular complexity index is 377. The van der Waals surface area contributed by atoms with E-state index in [4.69, 9.17) is 0 Å². The summed E-state index contributed by atoms with van der Waals surface area (Å²) in [7, 11) is 0. The molecule has 1 unspecified atom stereocenters. The Morgan fingerprint density at radius 1 is 1.38 bits per heavy atom. The third-order valence-corrected chi connectivity index (χ3v) is 3.22. The fourth-order valence-electron chi connectivity index (χ4n) is 1.77. The van der Waals surface area contributed by atoms with E-state index in [1.54, 1.807) is 0 Å². The minimum atomic E-state index is 0.449. The highest BCUT2D eigenvalue weighted by atomic mass is 14.9. The quantitative estimate of drug-likeness (QED) is 0.810. The second-order valence-electron chi connectivity index (χ2n) is 4.46. The molecule has 1 aromatic rings. The fraction of sp³-hybridized carbons (Fsp3) is 0.467. The SMILES string of the molecule is CCNC(C)/C(C)=C/c1cccc(C)c1C. The average Bonchev–Trinajstić information content (AvgIpc) is 2.25. The Hall–Kier alpha value is -1.08. The first-order valence-electron chi connectivity index (χ1n) is 6.04. The van der Waals surface area contributed by atoms with Crippen LogP contribution in [0, 0.1) is 13.8 Å². The van der Waals surface area contributed by atoms with Gasteiger partial charge in [-0.25, -0.2) is 0 Å². The largest absolute Gasteiger partial charge is 0.311 e. The summed E-state index contributed by atoms with van der Waals surface area (Å²) in [6, 6.07) is 6.92. The molecule has 0 amide bonds. The second-order valence-corrected chi connectivity index (χ2v) is 4.46. The number of hydrogen-bond donors (Lipinski definition) is 1. The molecule has 1 N–H and O–H groups in total. The Kier molecular flexibility index (Phi) is 4.75. The van der Waals surface area contributed by atoms with Gasteiger partial charge in [0.1, 0.15) is 0 Å². The Morgan fingerprint density at radius 3 is 2.69 bits per heavy atom. The average molecular weight is 217 g/mol. The van der Waals surface area contributed by atoms with Crippen molar-refractivity contribution in [2.45, 2.75) is 40.7 Å². The molecule has 0 bridgehead atoms. The van der Waals surface area contributed by atoms with Crippen molar-refractivity contribution >= 4 is 6.08 Å². The minimum Gasteiger partial charge on any atom is -0.311 e. The summed E-state index contributed by atoms with van der Waals surface area (Å²) >= 11 is 0. The van der Waals surface area contributed by atoms with Crippen LogP contribution in [0.5, 0.6) is 0 Å². The molecule has 1 atom stereocenters. The van der Waals surface area contributed by atoms with E-state index in [1.807, 2.05) is 0 Å². The lowest BCUT2D eigenvalue weighted by Gasteiger charge is -2.14. The molecule has 16 heavy (non-hydrogen) atoms. The van der Waals surface area contributed by atoms with Crippen LogP contribution in [-0.4, -0.2) is 12.6 Å². The number of nitrogens with one attached hydrogen (secondary N) is 1. The zero-order valence-electron chi connectivity index (χ0n) is 11.1. The third kappa shape index (κ3) is 3.21. The van der Waals surface area contributed by atoms with Gasteiger partial charge in [-0.15, -0.1) is 0 Å². The molecular formula is C15H23N. The van der Waals surface area contributed by atoms with Gasteiger partial charge in [0.25, 0.3) is 0 Å². The Labute approximate surface area is 99.6 Å². The molecule has 0 aliphatic heterocycles. The van der Waals surface area contributed by atoms with Gasteiger partial charge in [-0.2, -0.15) is 0 Å². The summed E-state index contributed by atoms with van der Waals surface area (Å²) in [6.07, 6.45) is 2.29. The summed E-state index contributed by atoms with van der Waals surface area (Å²) in [5, 5.41) is 3.43. The van der Waals surface area contributed by atoms with Crippen LogP contribution in [0.25, 0.3) is 6.08 Å². The predicted octanol–water partition coefficient (Wildman–Crippen LogP) is 3.70. The Balaban J connectivity index is 2.93. The van der Waals surface area contributed by atoms with E-state index in [9.17, 15) is 0 Å². The molecule has 0 aliphatic carbocycles. The van der Waals surface area contributed by atoms with Gasteiger partial charge < -0.3 is 5.32 Å². The molecule has 0 fully saturated rings. The van der Waals surface area contributed by atoms with Crippen LogP contribution >= 0.6 is 0 Å². The van der Waals surface area contributed by atoms with E-state index in [-0.39, 0.29) is 0 Å². The highest BCUT2D eigenvalue weighted by molar-refractivity contribution is 5.58. The molecule has 1 rings (SSSR count). The van der Waals surface area contributed by atoms with Crippen LogP contribution in [0.3, 0.4) is 0 Å². The van der Waals surface area contributed by atoms with Crippen molar-refractivity contribution in [3.8, 4) is 0 Å². The fourth-order valence-corrected chi connectivity index (χ4v) is 1.77. The first-order chi connectivity index (χ1) is 7.56. The Morgan fingerprint density at radius 2 is 2.06 bits per heavy atom. The zero-order chi connectivity index (χ0) is 12.1. The molecule has 0 aliphatic rings. The molecule has 0 saturated carbocycles. The topological polar surface area (TPSA) is 12.0 Å². The highest BCUT2D eigenvalue weighted by Crippen LogP contribution is 2.17. The van der Waals surface area contributed by atoms with Crippen molar-refractivity contribution in [2.24, 2.45) is 0 Å². The lowest BCUT2D eigenvalue weighted by molar-refractivity contribution is 0.636. The van der Waals surface area contributed by atoms with Crippen molar-refractivity contribution in [3.63, 3.8) is 0 Å². The summed E-state index contributed by atoms with van der Waals surface area (Å²) in [6.45, 7) is 11.9. The molecular weight excluding hydrogens is 194 g/mol. The molecule has 1 heteroatoms. The number of aryl methyl sites for hydroxylation is 1. The maximum atomic E-state index is 3.43. The van der Waals surface area contributed by atoms with E-state index in [2.05, 4.69) is 64.2 Å². The van der Waals surface area contributed by atoms with Gasteiger partial charge in [0, 0.05) is 6.04 Å². The molecule has 0 saturated heterocycles. The summed E-state index contributed by atoms with van der Waals surface area (Å²) in [4.78, 5) is 0. The molecule has 0 spiro atoms. The molecule has 0 radical (unpaired) electrons. The van der Waals surface area contributed by atoms with Crippen molar-refractivity contribution in [3.05, 3.63) is 40.5 Å². The van der Waals surface area contributed by atoms with E-state index in [1.165, 1.54) is 22.3 Å². The van der Waals surface area contributed by atoms with Gasteiger partial charge in [-0.1, -0.05) is 36.8 Å². The van der Waals surface area contributed by atoms with Gasteiger partial charge in [0.2, 0.25) is 0 Å². The van der Waals surface area contributed by atoms with Gasteiger partial charge in [-0.3, -0.25) is 0 Å². The predicted molar refractivity (Wildman–Crippen MR) is 72.7 cm³/mol. The third-order valence-electron chi connectivity index (χ3n) is 3.22. The minimum absolute atomic E-state index is 0.449. The smallest absolute Gasteiger partial charge is 0.0251 e. The van der Waals surface area contributed by atoms with Gasteiger partial charge in [0.05, 0.1) is 0 Å². The molecule has 1 aromatic carbocycles. The molecule has 0 aromatic heterocycles. The van der Waals surface area contributed by atoms with Crippen LogP contribution in [0.1, 0.15) is 37.5 Å². The standard InChI is InChI=1S/C15H23N/c1-6-16-14(5)12(3)10-15-9-7-8-11(2)13(15)4/h7-10,14,16H,6H2,1-5H3/b12-10+. The first kappa shape index (κ1) is 13.0. The van der Waals surface area contributed by atoms with Gasteiger partial charge >= 0.3 is 0 Å². The van der Waals surface area contributed by atoms with Crippen LogP contribution in [0.2, 0.25) is 0 Å². The lowest BCUT2D eigenvalue weighted by Crippen LogP contribution is -2.26. The van der Waals surface area contributed by atoms with E-state index < -0.39 is 0 Å². The van der Waals surface area contributed by atoms with Crippen molar-refractivity contribution in [1.29, 1.82) is 0 Å². The van der Waals surface area contributed by atoms with Crippen LogP contribution in [0.4, 0.5) is 0 Å². The lowest BCUT2D eigenvalue weighted by atomic mass is 10.00.